The maximum atomic E-state index is 13.4. The first kappa shape index (κ1) is 48.2. The molecule has 3 aromatic rings. The Balaban J connectivity index is 0.000000470. The van der Waals surface area contributed by atoms with Crippen molar-refractivity contribution in [2.45, 2.75) is 101 Å². The smallest absolute Gasteiger partial charge is 0.416 e. The number of benzene rings is 3. The first-order valence-electron chi connectivity index (χ1n) is 17.0. The van der Waals surface area contributed by atoms with Crippen LogP contribution < -0.4 is 5.32 Å². The molecule has 0 saturated carbocycles. The summed E-state index contributed by atoms with van der Waals surface area (Å²) in [5.74, 6) is 0. The number of nitrogens with one attached hydrogen (secondary N) is 1. The van der Waals surface area contributed by atoms with E-state index in [1.807, 2.05) is 0 Å². The van der Waals surface area contributed by atoms with Crippen molar-refractivity contribution in [3.05, 3.63) is 106 Å². The lowest BCUT2D eigenvalue weighted by Crippen LogP contribution is -2.55. The van der Waals surface area contributed by atoms with Crippen LogP contribution in [0.5, 0.6) is 0 Å². The van der Waals surface area contributed by atoms with Crippen LogP contribution in [0.1, 0.15) is 80.5 Å². The predicted octanol–water partition coefficient (Wildman–Crippen LogP) is 11.9. The SMILES string of the molecule is CC(C)(C)OC(=O)NC(COCc1cc(C(F)(F)F)cc(C(F)(F)F)c1)(c1ccccc1)C1CN1C(=O)OC(C)(C)C.FC(F)(F)c1cc(CBr)cc(C(F)(F)F)c1. The number of rotatable bonds is 8. The largest absolute Gasteiger partial charge is 0.444 e. The van der Waals surface area contributed by atoms with Crippen LogP contribution in [0.2, 0.25) is 0 Å². The summed E-state index contributed by atoms with van der Waals surface area (Å²) in [7, 11) is 0. The van der Waals surface area contributed by atoms with Crippen molar-refractivity contribution in [2.75, 3.05) is 13.2 Å². The topological polar surface area (TPSA) is 76.9 Å². The zero-order valence-corrected chi connectivity index (χ0v) is 33.2. The van der Waals surface area contributed by atoms with Crippen LogP contribution in [-0.2, 0) is 56.4 Å². The van der Waals surface area contributed by atoms with Crippen molar-refractivity contribution in [3.63, 3.8) is 0 Å². The van der Waals surface area contributed by atoms with E-state index in [-0.39, 0.29) is 35.1 Å². The molecule has 1 saturated heterocycles. The number of nitrogens with zero attached hydrogens (tertiary/aromatic N) is 1. The van der Waals surface area contributed by atoms with E-state index in [0.29, 0.717) is 29.8 Å². The Hall–Kier alpha value is -4.20. The Labute approximate surface area is 334 Å². The molecule has 4 rings (SSSR count). The molecule has 2 amide bonds. The van der Waals surface area contributed by atoms with Crippen LogP contribution in [0.3, 0.4) is 0 Å². The zero-order valence-electron chi connectivity index (χ0n) is 31.7. The molecule has 1 heterocycles. The summed E-state index contributed by atoms with van der Waals surface area (Å²) in [6.07, 6.45) is -21.2. The van der Waals surface area contributed by atoms with Crippen LogP contribution in [0.25, 0.3) is 0 Å². The van der Waals surface area contributed by atoms with Crippen molar-refractivity contribution in [2.24, 2.45) is 0 Å². The second-order valence-electron chi connectivity index (χ2n) is 15.1. The molecule has 0 bridgehead atoms. The van der Waals surface area contributed by atoms with Crippen LogP contribution in [0.15, 0.2) is 66.7 Å². The van der Waals surface area contributed by atoms with E-state index in [4.69, 9.17) is 14.2 Å². The van der Waals surface area contributed by atoms with Gasteiger partial charge in [0.1, 0.15) is 16.7 Å². The Morgan fingerprint density at radius 1 is 0.638 bits per heavy atom. The van der Waals surface area contributed by atoms with E-state index in [9.17, 15) is 62.3 Å². The molecular formula is C38H39BrF12N2O5. The monoisotopic (exact) mass is 910 g/mol. The van der Waals surface area contributed by atoms with E-state index >= 15 is 0 Å². The summed E-state index contributed by atoms with van der Waals surface area (Å²) in [5.41, 5.74) is -8.76. The van der Waals surface area contributed by atoms with Gasteiger partial charge >= 0.3 is 36.9 Å². The van der Waals surface area contributed by atoms with Gasteiger partial charge in [0.15, 0.2) is 0 Å². The highest BCUT2D eigenvalue weighted by atomic mass is 79.9. The second kappa shape index (κ2) is 17.6. The fourth-order valence-corrected chi connectivity index (χ4v) is 5.72. The summed E-state index contributed by atoms with van der Waals surface area (Å²) in [6, 6.07) is 10.3. The molecule has 7 nitrogen and oxygen atoms in total. The molecule has 0 aromatic heterocycles. The number of halogens is 13. The first-order valence-corrected chi connectivity index (χ1v) is 18.1. The lowest BCUT2D eigenvalue weighted by molar-refractivity contribution is -0.144. The van der Waals surface area contributed by atoms with Gasteiger partial charge < -0.3 is 19.5 Å². The number of hydrogen-bond acceptors (Lipinski definition) is 5. The van der Waals surface area contributed by atoms with Crippen molar-refractivity contribution in [1.29, 1.82) is 0 Å². The molecule has 1 aliphatic rings. The highest BCUT2D eigenvalue weighted by Crippen LogP contribution is 2.41. The quantitative estimate of drug-likeness (QED) is 0.138. The first-order chi connectivity index (χ1) is 26.2. The number of alkyl carbamates (subject to hydrolysis) is 1. The predicted molar refractivity (Wildman–Crippen MR) is 189 cm³/mol. The van der Waals surface area contributed by atoms with Crippen molar-refractivity contribution in [1.82, 2.24) is 10.2 Å². The Kier molecular flexibility index (Phi) is 14.6. The summed E-state index contributed by atoms with van der Waals surface area (Å²) < 4.78 is 171. The Morgan fingerprint density at radius 3 is 1.43 bits per heavy atom. The van der Waals surface area contributed by atoms with Gasteiger partial charge in [0.2, 0.25) is 0 Å². The third-order valence-electron chi connectivity index (χ3n) is 7.87. The van der Waals surface area contributed by atoms with E-state index < -0.39 is 95.1 Å². The van der Waals surface area contributed by atoms with E-state index in [2.05, 4.69) is 21.2 Å². The van der Waals surface area contributed by atoms with Gasteiger partial charge in [0.25, 0.3) is 0 Å². The van der Waals surface area contributed by atoms with E-state index in [1.165, 1.54) is 4.90 Å². The maximum Gasteiger partial charge on any atom is 0.416 e. The van der Waals surface area contributed by atoms with Gasteiger partial charge in [-0.25, -0.2) is 9.59 Å². The van der Waals surface area contributed by atoms with Gasteiger partial charge in [-0.15, -0.1) is 0 Å². The number of hydrogen-bond donors (Lipinski definition) is 1. The summed E-state index contributed by atoms with van der Waals surface area (Å²) >= 11 is 2.82. The van der Waals surface area contributed by atoms with Crippen LogP contribution >= 0.6 is 15.9 Å². The molecule has 0 aliphatic carbocycles. The maximum absolute atomic E-state index is 13.4. The van der Waals surface area contributed by atoms with Crippen LogP contribution in [0, 0.1) is 0 Å². The molecule has 1 fully saturated rings. The summed E-state index contributed by atoms with van der Waals surface area (Å²) in [6.45, 7) is 9.00. The van der Waals surface area contributed by atoms with Crippen molar-refractivity contribution in [3.8, 4) is 0 Å². The van der Waals surface area contributed by atoms with Gasteiger partial charge in [-0.05, 0) is 94.6 Å². The summed E-state index contributed by atoms with van der Waals surface area (Å²) in [4.78, 5) is 27.3. The Morgan fingerprint density at radius 2 is 1.05 bits per heavy atom. The minimum atomic E-state index is -5.02. The normalized spacial score (nSPS) is 16.1. The second-order valence-corrected chi connectivity index (χ2v) is 15.6. The molecule has 1 aliphatic heterocycles. The molecule has 2 atom stereocenters. The van der Waals surface area contributed by atoms with E-state index in [1.54, 1.807) is 71.9 Å². The molecule has 2 unspecified atom stereocenters. The van der Waals surface area contributed by atoms with E-state index in [0.717, 1.165) is 0 Å². The third kappa shape index (κ3) is 14.0. The van der Waals surface area contributed by atoms with Gasteiger partial charge in [-0.1, -0.05) is 46.3 Å². The lowest BCUT2D eigenvalue weighted by Gasteiger charge is -2.36. The minimum absolute atomic E-state index is 0.0325. The fraction of sp³-hybridized carbons (Fsp3) is 0.474. The van der Waals surface area contributed by atoms with Crippen molar-refractivity contribution >= 4 is 28.1 Å². The average molecular weight is 912 g/mol. The standard InChI is InChI=1S/C29H34F6N2O5.C9H5BrF6/c1-25(2,3)41-23(38)36-27(19-10-8-7-9-11-19,22-15-37(22)24(39)42-26(4,5)6)17-40-16-18-12-20(28(30,31)32)14-21(13-18)29(33,34)35;10-4-5-1-6(8(11,12)13)3-7(2-5)9(14,15)16/h7-14,22H,15-17H2,1-6H3,(H,36,38);1-3H,4H2. The number of carbonyl (C=O) groups is 2. The average Bonchev–Trinajstić information content (AvgIpc) is 3.87. The van der Waals surface area contributed by atoms with Gasteiger partial charge in [0.05, 0.1) is 41.5 Å². The molecule has 20 heteroatoms. The lowest BCUT2D eigenvalue weighted by atomic mass is 9.87. The molecule has 0 spiro atoms. The fourth-order valence-electron chi connectivity index (χ4n) is 5.40. The van der Waals surface area contributed by atoms with Gasteiger partial charge in [-0.3, -0.25) is 4.90 Å². The van der Waals surface area contributed by atoms with Gasteiger partial charge in [0, 0.05) is 11.9 Å². The highest BCUT2D eigenvalue weighted by molar-refractivity contribution is 9.08. The minimum Gasteiger partial charge on any atom is -0.444 e. The zero-order chi connectivity index (χ0) is 44.3. The number of amides is 2. The number of carbonyl (C=O) groups excluding carboxylic acids is 2. The molecule has 3 aromatic carbocycles. The molecule has 1 N–H and O–H groups in total. The number of ether oxygens (including phenoxy) is 3. The number of alkyl halides is 13. The Bertz CT molecular complexity index is 1820. The molecule has 322 valence electrons. The molecular weight excluding hydrogens is 872 g/mol. The highest BCUT2D eigenvalue weighted by Gasteiger charge is 2.57. The molecule has 58 heavy (non-hydrogen) atoms. The van der Waals surface area contributed by atoms with Crippen LogP contribution in [-0.4, -0.2) is 47.5 Å². The third-order valence-corrected chi connectivity index (χ3v) is 8.52. The summed E-state index contributed by atoms with van der Waals surface area (Å²) in [5, 5.41) is 2.71. The molecule has 0 radical (unpaired) electrons. The van der Waals surface area contributed by atoms with Crippen molar-refractivity contribution < 1.29 is 76.5 Å². The van der Waals surface area contributed by atoms with Crippen LogP contribution in [0.4, 0.5) is 62.3 Å². The van der Waals surface area contributed by atoms with Gasteiger partial charge in [-0.2, -0.15) is 52.7 Å².